The van der Waals surface area contributed by atoms with Crippen molar-refractivity contribution in [2.75, 3.05) is 30.2 Å². The average Bonchev–Trinajstić information content (AvgIpc) is 2.82. The van der Waals surface area contributed by atoms with Crippen LogP contribution in [-0.4, -0.2) is 57.1 Å². The van der Waals surface area contributed by atoms with Gasteiger partial charge in [0.25, 0.3) is 0 Å². The van der Waals surface area contributed by atoms with Crippen molar-refractivity contribution in [2.45, 2.75) is 52.5 Å². The summed E-state index contributed by atoms with van der Waals surface area (Å²) in [6, 6.07) is 14.3. The normalized spacial score (nSPS) is 12.1. The highest BCUT2D eigenvalue weighted by atomic mass is 35.5. The van der Waals surface area contributed by atoms with Gasteiger partial charge in [-0.25, -0.2) is 8.42 Å². The van der Waals surface area contributed by atoms with Gasteiger partial charge < -0.3 is 10.2 Å². The van der Waals surface area contributed by atoms with Crippen LogP contribution in [0.4, 0.5) is 5.69 Å². The van der Waals surface area contributed by atoms with Gasteiger partial charge in [0.15, 0.2) is 0 Å². The predicted molar refractivity (Wildman–Crippen MR) is 142 cm³/mol. The van der Waals surface area contributed by atoms with Crippen LogP contribution in [0.2, 0.25) is 5.02 Å². The summed E-state index contributed by atoms with van der Waals surface area (Å²) in [5.74, 6) is -0.378. The minimum absolute atomic E-state index is 0.117. The van der Waals surface area contributed by atoms with Crippen LogP contribution in [0.25, 0.3) is 0 Å². The number of rotatable bonds is 13. The Hall–Kier alpha value is -2.58. The van der Waals surface area contributed by atoms with Crippen LogP contribution in [0.3, 0.4) is 0 Å². The molecule has 7 nitrogen and oxygen atoms in total. The molecule has 0 saturated carbocycles. The predicted octanol–water partition coefficient (Wildman–Crippen LogP) is 4.18. The van der Waals surface area contributed by atoms with Gasteiger partial charge in [0.1, 0.15) is 6.04 Å². The SMILES string of the molecule is CCCNC(=O)C(C)N(CCc1ccccc1)C(=O)CCCN(c1cccc(Cl)c1C)S(C)(=O)=O. The van der Waals surface area contributed by atoms with E-state index in [2.05, 4.69) is 5.32 Å². The van der Waals surface area contributed by atoms with Crippen molar-refractivity contribution in [1.82, 2.24) is 10.2 Å². The lowest BCUT2D eigenvalue weighted by Gasteiger charge is -2.29. The molecule has 2 amide bonds. The first-order valence-corrected chi connectivity index (χ1v) is 14.1. The molecule has 2 aromatic carbocycles. The number of sulfonamides is 1. The van der Waals surface area contributed by atoms with E-state index in [4.69, 9.17) is 11.6 Å². The van der Waals surface area contributed by atoms with E-state index in [1.165, 1.54) is 4.31 Å². The Labute approximate surface area is 214 Å². The van der Waals surface area contributed by atoms with E-state index in [9.17, 15) is 18.0 Å². The maximum absolute atomic E-state index is 13.2. The molecule has 0 saturated heterocycles. The van der Waals surface area contributed by atoms with Gasteiger partial charge >= 0.3 is 0 Å². The quantitative estimate of drug-likeness (QED) is 0.428. The zero-order chi connectivity index (χ0) is 26.0. The molecule has 1 atom stereocenters. The van der Waals surface area contributed by atoms with E-state index in [1.54, 1.807) is 36.9 Å². The largest absolute Gasteiger partial charge is 0.354 e. The number of halogens is 1. The summed E-state index contributed by atoms with van der Waals surface area (Å²) in [4.78, 5) is 27.4. The van der Waals surface area contributed by atoms with Crippen molar-refractivity contribution in [3.8, 4) is 0 Å². The third kappa shape index (κ3) is 8.54. The Balaban J connectivity index is 2.13. The Bertz CT molecular complexity index is 1090. The highest BCUT2D eigenvalue weighted by Crippen LogP contribution is 2.28. The van der Waals surface area contributed by atoms with Gasteiger partial charge in [0, 0.05) is 31.1 Å². The topological polar surface area (TPSA) is 86.8 Å². The van der Waals surface area contributed by atoms with Crippen molar-refractivity contribution in [3.63, 3.8) is 0 Å². The van der Waals surface area contributed by atoms with Gasteiger partial charge in [-0.15, -0.1) is 0 Å². The second-order valence-electron chi connectivity index (χ2n) is 8.61. The number of benzene rings is 2. The summed E-state index contributed by atoms with van der Waals surface area (Å²) < 4.78 is 26.3. The van der Waals surface area contributed by atoms with E-state index < -0.39 is 16.1 Å². The van der Waals surface area contributed by atoms with Gasteiger partial charge in [0.2, 0.25) is 21.8 Å². The van der Waals surface area contributed by atoms with Gasteiger partial charge in [-0.1, -0.05) is 54.9 Å². The molecule has 35 heavy (non-hydrogen) atoms. The lowest BCUT2D eigenvalue weighted by atomic mass is 10.1. The molecule has 192 valence electrons. The monoisotopic (exact) mass is 521 g/mol. The minimum atomic E-state index is -3.58. The fourth-order valence-corrected chi connectivity index (χ4v) is 5.00. The highest BCUT2D eigenvalue weighted by Gasteiger charge is 2.26. The van der Waals surface area contributed by atoms with E-state index in [1.807, 2.05) is 37.3 Å². The number of carbonyl (C=O) groups excluding carboxylic acids is 2. The smallest absolute Gasteiger partial charge is 0.242 e. The molecule has 0 aliphatic rings. The summed E-state index contributed by atoms with van der Waals surface area (Å²) in [5, 5.41) is 3.34. The number of anilines is 1. The van der Waals surface area contributed by atoms with E-state index in [-0.39, 0.29) is 24.8 Å². The lowest BCUT2D eigenvalue weighted by Crippen LogP contribution is -2.49. The molecule has 0 fully saturated rings. The molecule has 0 radical (unpaired) electrons. The molecular formula is C26H36ClN3O4S. The third-order valence-electron chi connectivity index (χ3n) is 5.86. The van der Waals surface area contributed by atoms with Gasteiger partial charge in [-0.2, -0.15) is 0 Å². The number of nitrogens with one attached hydrogen (secondary N) is 1. The van der Waals surface area contributed by atoms with Crippen LogP contribution >= 0.6 is 11.6 Å². The van der Waals surface area contributed by atoms with Crippen LogP contribution in [-0.2, 0) is 26.0 Å². The Morgan fingerprint density at radius 2 is 1.74 bits per heavy atom. The highest BCUT2D eigenvalue weighted by molar-refractivity contribution is 7.92. The van der Waals surface area contributed by atoms with Crippen LogP contribution in [0, 0.1) is 6.92 Å². The van der Waals surface area contributed by atoms with Gasteiger partial charge in [0.05, 0.1) is 11.9 Å². The zero-order valence-corrected chi connectivity index (χ0v) is 22.5. The average molecular weight is 522 g/mol. The summed E-state index contributed by atoms with van der Waals surface area (Å²) in [6.45, 7) is 6.54. The van der Waals surface area contributed by atoms with E-state index >= 15 is 0 Å². The number of hydrogen-bond donors (Lipinski definition) is 1. The number of nitrogens with zero attached hydrogens (tertiary/aromatic N) is 2. The van der Waals surface area contributed by atoms with Crippen LogP contribution in [0.15, 0.2) is 48.5 Å². The molecular weight excluding hydrogens is 486 g/mol. The molecule has 0 heterocycles. The number of amides is 2. The second kappa shape index (κ2) is 13.5. The molecule has 0 bridgehead atoms. The maximum atomic E-state index is 13.2. The van der Waals surface area contributed by atoms with Gasteiger partial charge in [-0.05, 0) is 56.4 Å². The van der Waals surface area contributed by atoms with Crippen LogP contribution in [0.1, 0.15) is 44.2 Å². The van der Waals surface area contributed by atoms with Crippen LogP contribution in [0.5, 0.6) is 0 Å². The van der Waals surface area contributed by atoms with Crippen molar-refractivity contribution in [3.05, 3.63) is 64.7 Å². The van der Waals surface area contributed by atoms with Crippen LogP contribution < -0.4 is 9.62 Å². The molecule has 1 unspecified atom stereocenters. The summed E-state index contributed by atoms with van der Waals surface area (Å²) >= 11 is 6.20. The summed E-state index contributed by atoms with van der Waals surface area (Å²) in [7, 11) is -3.58. The van der Waals surface area contributed by atoms with Crippen molar-refractivity contribution in [1.29, 1.82) is 0 Å². The lowest BCUT2D eigenvalue weighted by molar-refractivity contribution is -0.139. The number of carbonyl (C=O) groups is 2. The fourth-order valence-electron chi connectivity index (χ4n) is 3.81. The standard InChI is InChI=1S/C26H36ClN3O4S/c1-5-17-28-26(32)21(3)29(19-16-22-11-7-6-8-12-22)25(31)15-10-18-30(35(4,33)34)24-14-9-13-23(27)20(24)2/h6-9,11-14,21H,5,10,15-19H2,1-4H3,(H,28,32). The Kier molecular flexibility index (Phi) is 11.0. The second-order valence-corrected chi connectivity index (χ2v) is 10.9. The Morgan fingerprint density at radius 1 is 1.06 bits per heavy atom. The molecule has 2 aromatic rings. The van der Waals surface area contributed by atoms with E-state index in [0.29, 0.717) is 42.2 Å². The van der Waals surface area contributed by atoms with Crippen molar-refractivity contribution >= 4 is 39.1 Å². The first-order chi connectivity index (χ1) is 16.6. The summed E-state index contributed by atoms with van der Waals surface area (Å²) in [6.07, 6.45) is 2.99. The molecule has 1 N–H and O–H groups in total. The maximum Gasteiger partial charge on any atom is 0.242 e. The van der Waals surface area contributed by atoms with Crippen molar-refractivity contribution in [2.24, 2.45) is 0 Å². The minimum Gasteiger partial charge on any atom is -0.354 e. The number of hydrogen-bond acceptors (Lipinski definition) is 4. The fraction of sp³-hybridized carbons (Fsp3) is 0.462. The first-order valence-electron chi connectivity index (χ1n) is 11.9. The molecule has 0 aromatic heterocycles. The molecule has 0 spiro atoms. The molecule has 9 heteroatoms. The molecule has 0 aliphatic carbocycles. The molecule has 2 rings (SSSR count). The Morgan fingerprint density at radius 3 is 2.37 bits per heavy atom. The first kappa shape index (κ1) is 28.7. The third-order valence-corrected chi connectivity index (χ3v) is 7.45. The van der Waals surface area contributed by atoms with Crippen molar-refractivity contribution < 1.29 is 18.0 Å². The van der Waals surface area contributed by atoms with E-state index in [0.717, 1.165) is 18.2 Å². The summed E-state index contributed by atoms with van der Waals surface area (Å²) in [5.41, 5.74) is 2.24. The van der Waals surface area contributed by atoms with Gasteiger partial charge in [-0.3, -0.25) is 13.9 Å². The molecule has 0 aliphatic heterocycles. The zero-order valence-electron chi connectivity index (χ0n) is 21.0.